The molecule has 0 spiro atoms. The van der Waals surface area contributed by atoms with E-state index in [1.807, 2.05) is 0 Å². The van der Waals surface area contributed by atoms with E-state index in [0.717, 1.165) is 7.85 Å². The van der Waals surface area contributed by atoms with Gasteiger partial charge in [0.1, 0.15) is 0 Å². The largest absolute Gasteiger partial charge is 0.0781 e. The highest BCUT2D eigenvalue weighted by molar-refractivity contribution is 14.1. The monoisotopic (exact) mass is 348 g/mol. The molecule has 0 radical (unpaired) electrons. The van der Waals surface area contributed by atoms with Crippen molar-refractivity contribution in [2.45, 2.75) is 27.6 Å². The van der Waals surface area contributed by atoms with Gasteiger partial charge in [0.25, 0.3) is 0 Å². The Balaban J connectivity index is 2.52. The van der Waals surface area contributed by atoms with Crippen LogP contribution < -0.4 is 0 Å². The zero-order chi connectivity index (χ0) is 6.85. The summed E-state index contributed by atoms with van der Waals surface area (Å²) in [5, 5.41) is 0. The van der Waals surface area contributed by atoms with Crippen molar-refractivity contribution in [3.05, 3.63) is 11.6 Å². The Morgan fingerprint density at radius 3 is 2.67 bits per heavy atom. The van der Waals surface area contributed by atoms with Crippen LogP contribution in [0.1, 0.15) is 19.8 Å². The van der Waals surface area contributed by atoms with Crippen molar-refractivity contribution in [2.24, 2.45) is 0 Å². The third-order valence-corrected chi connectivity index (χ3v) is 3.40. The zero-order valence-corrected chi connectivity index (χ0v) is 9.72. The normalized spacial score (nSPS) is 30.1. The maximum Gasteiger partial charge on any atom is 0.0295 e. The Kier molecular flexibility index (Phi) is 3.27. The van der Waals surface area contributed by atoms with Crippen molar-refractivity contribution >= 4 is 45.2 Å². The first-order chi connectivity index (χ1) is 4.20. The molecule has 2 heteroatoms. The Hall–Kier alpha value is 1.20. The fourth-order valence-corrected chi connectivity index (χ4v) is 2.33. The molecule has 2 unspecified atom stereocenters. The number of halogens is 2. The van der Waals surface area contributed by atoms with Crippen LogP contribution in [-0.4, -0.2) is 7.85 Å². The van der Waals surface area contributed by atoms with Crippen molar-refractivity contribution in [3.8, 4) is 0 Å². The number of alkyl halides is 2. The summed E-state index contributed by atoms with van der Waals surface area (Å²) in [5.74, 6) is 0. The van der Waals surface area contributed by atoms with Gasteiger partial charge in [-0.1, -0.05) is 56.8 Å². The molecule has 0 saturated heterocycles. The molecule has 0 aromatic carbocycles. The molecule has 52 valence electrons. The lowest BCUT2D eigenvalue weighted by atomic mass is 10.2. The number of hydrogen-bond donors (Lipinski definition) is 0. The molecule has 9 heavy (non-hydrogen) atoms. The zero-order valence-electron chi connectivity index (χ0n) is 5.40. The molecular weight excluding hydrogens is 338 g/mol. The lowest BCUT2D eigenvalue weighted by Gasteiger charge is -2.00. The molecular formula is C7H10I2. The SMILES string of the molecule is CC(I)C1=CC(I)CC1. The van der Waals surface area contributed by atoms with Crippen LogP contribution in [0.2, 0.25) is 0 Å². The molecule has 0 aliphatic heterocycles. The van der Waals surface area contributed by atoms with Crippen LogP contribution in [0.5, 0.6) is 0 Å². The fourth-order valence-electron chi connectivity index (χ4n) is 1.03. The highest BCUT2D eigenvalue weighted by atomic mass is 127. The second-order valence-electron chi connectivity index (χ2n) is 2.41. The molecule has 1 aliphatic rings. The molecule has 0 aromatic rings. The van der Waals surface area contributed by atoms with E-state index in [2.05, 4.69) is 58.2 Å². The minimum atomic E-state index is 0.752. The van der Waals surface area contributed by atoms with Gasteiger partial charge in [-0.05, 0) is 19.8 Å². The van der Waals surface area contributed by atoms with Gasteiger partial charge < -0.3 is 0 Å². The van der Waals surface area contributed by atoms with Crippen LogP contribution in [0.25, 0.3) is 0 Å². The van der Waals surface area contributed by atoms with Crippen LogP contribution in [0, 0.1) is 0 Å². The summed E-state index contributed by atoms with van der Waals surface area (Å²) in [5.41, 5.74) is 1.65. The van der Waals surface area contributed by atoms with Crippen molar-refractivity contribution in [1.82, 2.24) is 0 Å². The first-order valence-corrected chi connectivity index (χ1v) is 5.68. The average Bonchev–Trinajstić information content (AvgIpc) is 2.14. The van der Waals surface area contributed by atoms with Gasteiger partial charge in [-0.3, -0.25) is 0 Å². The summed E-state index contributed by atoms with van der Waals surface area (Å²) in [7, 11) is 0. The van der Waals surface area contributed by atoms with Gasteiger partial charge in [-0.25, -0.2) is 0 Å². The minimum Gasteiger partial charge on any atom is -0.0781 e. The molecule has 0 amide bonds. The summed E-state index contributed by atoms with van der Waals surface area (Å²) in [4.78, 5) is 0. The molecule has 0 bridgehead atoms. The molecule has 1 rings (SSSR count). The van der Waals surface area contributed by atoms with Crippen LogP contribution >= 0.6 is 45.2 Å². The summed E-state index contributed by atoms with van der Waals surface area (Å²) in [6.07, 6.45) is 5.11. The molecule has 2 atom stereocenters. The molecule has 0 nitrogen and oxygen atoms in total. The molecule has 0 saturated carbocycles. The Labute approximate surface area is 83.8 Å². The summed E-state index contributed by atoms with van der Waals surface area (Å²) >= 11 is 4.98. The quantitative estimate of drug-likeness (QED) is 0.388. The summed E-state index contributed by atoms with van der Waals surface area (Å²) in [6.45, 7) is 2.26. The standard InChI is InChI=1S/C7H10I2/c1-5(8)6-2-3-7(9)4-6/h4-5,7H,2-3H2,1H3. The lowest BCUT2D eigenvalue weighted by Crippen LogP contribution is -1.90. The van der Waals surface area contributed by atoms with Crippen molar-refractivity contribution < 1.29 is 0 Å². The summed E-state index contributed by atoms with van der Waals surface area (Å²) in [6, 6.07) is 0. The maximum absolute atomic E-state index is 2.50. The first-order valence-electron chi connectivity index (χ1n) is 3.19. The van der Waals surface area contributed by atoms with E-state index >= 15 is 0 Å². The molecule has 0 fully saturated rings. The fraction of sp³-hybridized carbons (Fsp3) is 0.714. The molecule has 1 aliphatic carbocycles. The third kappa shape index (κ3) is 2.37. The lowest BCUT2D eigenvalue weighted by molar-refractivity contribution is 0.914. The predicted octanol–water partition coefficient (Wildman–Crippen LogP) is 3.33. The first kappa shape index (κ1) is 8.30. The smallest absolute Gasteiger partial charge is 0.0295 e. The number of rotatable bonds is 1. The minimum absolute atomic E-state index is 0.752. The van der Waals surface area contributed by atoms with Gasteiger partial charge in [-0.15, -0.1) is 0 Å². The Morgan fingerprint density at radius 1 is 1.78 bits per heavy atom. The van der Waals surface area contributed by atoms with E-state index in [1.165, 1.54) is 12.8 Å². The second kappa shape index (κ2) is 3.55. The average molecular weight is 348 g/mol. The van der Waals surface area contributed by atoms with E-state index in [4.69, 9.17) is 0 Å². The number of hydrogen-bond acceptors (Lipinski definition) is 0. The highest BCUT2D eigenvalue weighted by Crippen LogP contribution is 2.29. The van der Waals surface area contributed by atoms with E-state index in [1.54, 1.807) is 5.57 Å². The van der Waals surface area contributed by atoms with E-state index in [-0.39, 0.29) is 0 Å². The number of allylic oxidation sites excluding steroid dienone is 2. The van der Waals surface area contributed by atoms with Crippen molar-refractivity contribution in [3.63, 3.8) is 0 Å². The van der Waals surface area contributed by atoms with Gasteiger partial charge in [-0.2, -0.15) is 0 Å². The van der Waals surface area contributed by atoms with Crippen molar-refractivity contribution in [1.29, 1.82) is 0 Å². The van der Waals surface area contributed by atoms with Crippen molar-refractivity contribution in [2.75, 3.05) is 0 Å². The van der Waals surface area contributed by atoms with E-state index in [9.17, 15) is 0 Å². The van der Waals surface area contributed by atoms with Gasteiger partial charge in [0.15, 0.2) is 0 Å². The highest BCUT2D eigenvalue weighted by Gasteiger charge is 2.14. The Morgan fingerprint density at radius 2 is 2.44 bits per heavy atom. The third-order valence-electron chi connectivity index (χ3n) is 1.61. The van der Waals surface area contributed by atoms with E-state index in [0.29, 0.717) is 0 Å². The molecule has 0 N–H and O–H groups in total. The van der Waals surface area contributed by atoms with Gasteiger partial charge in [0.05, 0.1) is 0 Å². The van der Waals surface area contributed by atoms with Crippen LogP contribution in [-0.2, 0) is 0 Å². The Bertz CT molecular complexity index is 127. The molecule has 0 heterocycles. The summed E-state index contributed by atoms with van der Waals surface area (Å²) < 4.78 is 1.57. The molecule has 0 aromatic heterocycles. The second-order valence-corrected chi connectivity index (χ2v) is 5.88. The topological polar surface area (TPSA) is 0 Å². The van der Waals surface area contributed by atoms with E-state index < -0.39 is 0 Å². The van der Waals surface area contributed by atoms with Gasteiger partial charge in [0.2, 0.25) is 0 Å². The van der Waals surface area contributed by atoms with Crippen LogP contribution in [0.4, 0.5) is 0 Å². The maximum atomic E-state index is 2.50. The predicted molar refractivity (Wildman–Crippen MR) is 58.6 cm³/mol. The van der Waals surface area contributed by atoms with Crippen LogP contribution in [0.3, 0.4) is 0 Å². The van der Waals surface area contributed by atoms with Gasteiger partial charge in [0, 0.05) is 7.85 Å². The van der Waals surface area contributed by atoms with Gasteiger partial charge >= 0.3 is 0 Å². The van der Waals surface area contributed by atoms with Crippen LogP contribution in [0.15, 0.2) is 11.6 Å².